The molecule has 4 aromatic rings. The lowest BCUT2D eigenvalue weighted by Gasteiger charge is -2.10. The fourth-order valence-corrected chi connectivity index (χ4v) is 3.68. The second-order valence-corrected chi connectivity index (χ2v) is 7.82. The van der Waals surface area contributed by atoms with Crippen molar-refractivity contribution in [2.75, 3.05) is 5.43 Å². The van der Waals surface area contributed by atoms with Crippen molar-refractivity contribution in [2.24, 2.45) is 5.10 Å². The second-order valence-electron chi connectivity index (χ2n) is 6.96. The van der Waals surface area contributed by atoms with E-state index in [1.807, 2.05) is 41.8 Å². The predicted octanol–water partition coefficient (Wildman–Crippen LogP) is 6.05. The highest BCUT2D eigenvalue weighted by Gasteiger charge is 2.08. The fraction of sp³-hybridized carbons (Fsp3) is 0.0833. The third-order valence-electron chi connectivity index (χ3n) is 4.81. The molecule has 160 valence electrons. The van der Waals surface area contributed by atoms with Gasteiger partial charge in [0.05, 0.1) is 16.8 Å². The van der Waals surface area contributed by atoms with Crippen LogP contribution >= 0.6 is 11.3 Å². The highest BCUT2D eigenvalue weighted by molar-refractivity contribution is 7.14. The van der Waals surface area contributed by atoms with Crippen molar-refractivity contribution in [1.82, 2.24) is 4.98 Å². The van der Waals surface area contributed by atoms with Crippen LogP contribution < -0.4 is 10.2 Å². The number of nitrogens with zero attached hydrogens (tertiary/aromatic N) is 3. The molecule has 1 heterocycles. The maximum Gasteiger partial charge on any atom is 0.269 e. The Bertz CT molecular complexity index is 1250. The summed E-state index contributed by atoms with van der Waals surface area (Å²) in [6.07, 6.45) is 1.69. The summed E-state index contributed by atoms with van der Waals surface area (Å²) in [5.41, 5.74) is 7.69. The molecule has 1 aromatic heterocycles. The molecule has 7 nitrogen and oxygen atoms in total. The summed E-state index contributed by atoms with van der Waals surface area (Å²) < 4.78 is 6.02. The van der Waals surface area contributed by atoms with E-state index in [4.69, 9.17) is 4.74 Å². The molecular formula is C24H20N4O3S. The zero-order valence-electron chi connectivity index (χ0n) is 17.3. The van der Waals surface area contributed by atoms with Gasteiger partial charge in [0.15, 0.2) is 0 Å². The minimum atomic E-state index is -0.422. The number of benzene rings is 3. The minimum Gasteiger partial charge on any atom is -0.488 e. The van der Waals surface area contributed by atoms with Gasteiger partial charge in [-0.05, 0) is 42.3 Å². The van der Waals surface area contributed by atoms with E-state index in [0.717, 1.165) is 28.1 Å². The highest BCUT2D eigenvalue weighted by Crippen LogP contribution is 2.26. The average molecular weight is 445 g/mol. The molecule has 0 unspecified atom stereocenters. The van der Waals surface area contributed by atoms with Crippen molar-refractivity contribution in [3.63, 3.8) is 0 Å². The summed E-state index contributed by atoms with van der Waals surface area (Å²) >= 11 is 1.40. The molecule has 0 saturated heterocycles. The van der Waals surface area contributed by atoms with Gasteiger partial charge in [-0.15, -0.1) is 11.3 Å². The summed E-state index contributed by atoms with van der Waals surface area (Å²) in [4.78, 5) is 14.9. The Kier molecular flexibility index (Phi) is 6.52. The van der Waals surface area contributed by atoms with Crippen molar-refractivity contribution < 1.29 is 9.66 Å². The van der Waals surface area contributed by atoms with Crippen LogP contribution in [0.5, 0.6) is 5.75 Å². The molecule has 8 heteroatoms. The topological polar surface area (TPSA) is 89.7 Å². The number of ether oxygens (including phenoxy) is 1. The number of aryl methyl sites for hydroxylation is 1. The van der Waals surface area contributed by atoms with Crippen molar-refractivity contribution in [1.29, 1.82) is 0 Å². The Hall–Kier alpha value is -4.04. The Balaban J connectivity index is 1.40. The molecule has 0 aliphatic heterocycles. The summed E-state index contributed by atoms with van der Waals surface area (Å²) in [5.74, 6) is 0.743. The largest absolute Gasteiger partial charge is 0.488 e. The van der Waals surface area contributed by atoms with Gasteiger partial charge in [-0.1, -0.05) is 36.4 Å². The quantitative estimate of drug-likeness (QED) is 0.203. The molecule has 0 radical (unpaired) electrons. The number of non-ortho nitro benzene ring substituents is 1. The van der Waals surface area contributed by atoms with Gasteiger partial charge in [-0.3, -0.25) is 15.5 Å². The molecule has 4 rings (SSSR count). The van der Waals surface area contributed by atoms with E-state index < -0.39 is 4.92 Å². The van der Waals surface area contributed by atoms with Gasteiger partial charge in [-0.25, -0.2) is 4.98 Å². The van der Waals surface area contributed by atoms with Crippen molar-refractivity contribution in [3.8, 4) is 17.0 Å². The van der Waals surface area contributed by atoms with E-state index in [-0.39, 0.29) is 5.69 Å². The number of nitrogens with one attached hydrogen (secondary N) is 1. The van der Waals surface area contributed by atoms with Gasteiger partial charge in [0.1, 0.15) is 12.4 Å². The summed E-state index contributed by atoms with van der Waals surface area (Å²) in [7, 11) is 0. The zero-order chi connectivity index (χ0) is 22.3. The molecule has 0 spiro atoms. The lowest BCUT2D eigenvalue weighted by atomic mass is 10.1. The van der Waals surface area contributed by atoms with E-state index in [2.05, 4.69) is 34.6 Å². The predicted molar refractivity (Wildman–Crippen MR) is 127 cm³/mol. The highest BCUT2D eigenvalue weighted by atomic mass is 32.1. The lowest BCUT2D eigenvalue weighted by Crippen LogP contribution is -2.00. The first-order valence-corrected chi connectivity index (χ1v) is 10.7. The third kappa shape index (κ3) is 5.16. The summed E-state index contributed by atoms with van der Waals surface area (Å²) in [5, 5.41) is 17.6. The van der Waals surface area contributed by atoms with Crippen molar-refractivity contribution in [2.45, 2.75) is 13.5 Å². The van der Waals surface area contributed by atoms with Crippen LogP contribution in [0.1, 0.15) is 16.7 Å². The molecule has 0 aliphatic rings. The molecule has 0 aliphatic carbocycles. The van der Waals surface area contributed by atoms with Crippen molar-refractivity contribution in [3.05, 3.63) is 105 Å². The first kappa shape index (κ1) is 21.2. The van der Waals surface area contributed by atoms with Crippen LogP contribution in [0.2, 0.25) is 0 Å². The number of thiazole rings is 1. The normalized spacial score (nSPS) is 10.9. The van der Waals surface area contributed by atoms with Gasteiger partial charge < -0.3 is 4.74 Å². The van der Waals surface area contributed by atoms with E-state index in [1.54, 1.807) is 18.3 Å². The van der Waals surface area contributed by atoms with E-state index in [0.29, 0.717) is 11.7 Å². The molecule has 0 saturated carbocycles. The van der Waals surface area contributed by atoms with Gasteiger partial charge in [0, 0.05) is 28.6 Å². The average Bonchev–Trinajstić information content (AvgIpc) is 3.28. The number of hydrogen-bond acceptors (Lipinski definition) is 7. The van der Waals surface area contributed by atoms with Crippen LogP contribution in [0.25, 0.3) is 11.3 Å². The van der Waals surface area contributed by atoms with Gasteiger partial charge in [0.25, 0.3) is 5.69 Å². The Morgan fingerprint density at radius 2 is 1.84 bits per heavy atom. The number of anilines is 1. The van der Waals surface area contributed by atoms with Crippen LogP contribution in [-0.4, -0.2) is 16.1 Å². The number of para-hydroxylation sites is 1. The number of hydrazone groups is 1. The van der Waals surface area contributed by atoms with E-state index in [1.165, 1.54) is 29.0 Å². The molecular weight excluding hydrogens is 424 g/mol. The van der Waals surface area contributed by atoms with Crippen LogP contribution in [-0.2, 0) is 6.61 Å². The van der Waals surface area contributed by atoms with E-state index >= 15 is 0 Å². The zero-order valence-corrected chi connectivity index (χ0v) is 18.1. The number of rotatable bonds is 8. The molecule has 0 atom stereocenters. The maximum absolute atomic E-state index is 10.8. The lowest BCUT2D eigenvalue weighted by molar-refractivity contribution is -0.384. The second kappa shape index (κ2) is 9.84. The fourth-order valence-electron chi connectivity index (χ4n) is 3.01. The van der Waals surface area contributed by atoms with Crippen LogP contribution in [0.3, 0.4) is 0 Å². The van der Waals surface area contributed by atoms with Crippen LogP contribution in [0, 0.1) is 17.0 Å². The third-order valence-corrected chi connectivity index (χ3v) is 5.55. The van der Waals surface area contributed by atoms with Gasteiger partial charge >= 0.3 is 0 Å². The minimum absolute atomic E-state index is 0.0511. The summed E-state index contributed by atoms with van der Waals surface area (Å²) in [6, 6.07) is 22.1. The number of hydrogen-bond donors (Lipinski definition) is 1. The Morgan fingerprint density at radius 3 is 2.62 bits per heavy atom. The number of aromatic nitrogens is 1. The molecule has 32 heavy (non-hydrogen) atoms. The smallest absolute Gasteiger partial charge is 0.269 e. The monoisotopic (exact) mass is 444 g/mol. The first-order chi connectivity index (χ1) is 15.6. The standard InChI is InChI=1S/C24H20N4O3S/c1-17-6-2-3-8-20(17)15-31-23-9-5-4-7-19(23)14-25-27-24-26-22(16-32-24)18-10-12-21(13-11-18)28(29)30/h2-14,16H,15H2,1H3,(H,26,27)/b25-14+. The van der Waals surface area contributed by atoms with Crippen molar-refractivity contribution >= 4 is 28.4 Å². The molecule has 0 amide bonds. The maximum atomic E-state index is 10.8. The van der Waals surface area contributed by atoms with Crippen LogP contribution in [0.15, 0.2) is 83.3 Å². The van der Waals surface area contributed by atoms with Gasteiger partial charge in [-0.2, -0.15) is 5.10 Å². The first-order valence-electron chi connectivity index (χ1n) is 9.86. The number of nitro benzene ring substituents is 1. The number of nitro groups is 1. The summed E-state index contributed by atoms with van der Waals surface area (Å²) in [6.45, 7) is 2.55. The molecule has 3 aromatic carbocycles. The SMILES string of the molecule is Cc1ccccc1COc1ccccc1/C=N/Nc1nc(-c2ccc([N+](=O)[O-])cc2)cs1. The van der Waals surface area contributed by atoms with Gasteiger partial charge in [0.2, 0.25) is 5.13 Å². The van der Waals surface area contributed by atoms with E-state index in [9.17, 15) is 10.1 Å². The Labute approximate surface area is 189 Å². The molecule has 0 fully saturated rings. The molecule has 1 N–H and O–H groups in total. The molecule has 0 bridgehead atoms. The van der Waals surface area contributed by atoms with Crippen LogP contribution in [0.4, 0.5) is 10.8 Å². The Morgan fingerprint density at radius 1 is 1.09 bits per heavy atom.